The molecular weight excluding hydrogens is 510 g/mol. The summed E-state index contributed by atoms with van der Waals surface area (Å²) in [6, 6.07) is 5.46. The zero-order valence-electron chi connectivity index (χ0n) is 22.8. The van der Waals surface area contributed by atoms with Gasteiger partial charge in [0.1, 0.15) is 6.61 Å². The van der Waals surface area contributed by atoms with Gasteiger partial charge in [-0.15, -0.1) is 0 Å². The number of benzene rings is 1. The first-order valence-corrected chi connectivity index (χ1v) is 13.0. The zero-order chi connectivity index (χ0) is 29.0. The fourth-order valence-electron chi connectivity index (χ4n) is 3.38. The van der Waals surface area contributed by atoms with Crippen LogP contribution in [0.15, 0.2) is 24.3 Å². The van der Waals surface area contributed by atoms with E-state index in [4.69, 9.17) is 30.8 Å². The largest absolute Gasteiger partial charge is 0.445 e. The van der Waals surface area contributed by atoms with Gasteiger partial charge >= 0.3 is 12.1 Å². The van der Waals surface area contributed by atoms with Crippen molar-refractivity contribution in [3.05, 3.63) is 29.8 Å². The maximum absolute atomic E-state index is 13.0. The van der Waals surface area contributed by atoms with Crippen LogP contribution in [-0.2, 0) is 30.4 Å². The number of aliphatic hydroxyl groups is 1. The van der Waals surface area contributed by atoms with Gasteiger partial charge in [-0.1, -0.05) is 26.0 Å². The highest BCUT2D eigenvalue weighted by Crippen LogP contribution is 2.18. The van der Waals surface area contributed by atoms with Crippen LogP contribution in [0.5, 0.6) is 0 Å². The van der Waals surface area contributed by atoms with E-state index in [9.17, 15) is 19.2 Å². The smallest absolute Gasteiger partial charge is 0.407 e. The maximum atomic E-state index is 13.0. The second-order valence-corrected chi connectivity index (χ2v) is 9.21. The summed E-state index contributed by atoms with van der Waals surface area (Å²) in [7, 11) is 0. The molecule has 0 fully saturated rings. The van der Waals surface area contributed by atoms with Crippen LogP contribution in [0.2, 0.25) is 0 Å². The third-order valence-electron chi connectivity index (χ3n) is 5.65. The molecule has 0 aliphatic heterocycles. The number of primary amides is 1. The van der Waals surface area contributed by atoms with Crippen LogP contribution in [0.25, 0.3) is 0 Å². The molecule has 13 heteroatoms. The van der Waals surface area contributed by atoms with Gasteiger partial charge in [0.15, 0.2) is 5.78 Å². The molecule has 0 heterocycles. The highest BCUT2D eigenvalue weighted by atomic mass is 16.5. The van der Waals surface area contributed by atoms with Gasteiger partial charge in [0, 0.05) is 31.1 Å². The van der Waals surface area contributed by atoms with Crippen molar-refractivity contribution in [2.24, 2.45) is 23.3 Å². The standard InChI is InChI=1S/C26H43N5O8/c1-18(2)23(27)22(33)16-20(4-3-9-29-25(28)35)24(34)31-21-7-5-19(6-8-21)17-39-26(36)30-10-12-37-14-15-38-13-11-32/h5-8,18,20,23,32H,3-4,9-17,27H2,1-2H3,(H,30,36)(H,31,34)(H3,28,29,35)/t20-,23+/m1/s1. The van der Waals surface area contributed by atoms with Crippen molar-refractivity contribution in [2.45, 2.75) is 45.8 Å². The van der Waals surface area contributed by atoms with Crippen molar-refractivity contribution >= 4 is 29.5 Å². The molecule has 13 nitrogen and oxygen atoms in total. The molecule has 0 spiro atoms. The molecule has 0 saturated carbocycles. The molecule has 39 heavy (non-hydrogen) atoms. The fraction of sp³-hybridized carbons (Fsp3) is 0.615. The minimum Gasteiger partial charge on any atom is -0.445 e. The summed E-state index contributed by atoms with van der Waals surface area (Å²) in [5, 5.41) is 16.5. The topological polar surface area (TPSA) is 204 Å². The average molecular weight is 554 g/mol. The van der Waals surface area contributed by atoms with Gasteiger partial charge in [0.2, 0.25) is 5.91 Å². The molecule has 1 aromatic rings. The fourth-order valence-corrected chi connectivity index (χ4v) is 3.38. The second kappa shape index (κ2) is 19.8. The van der Waals surface area contributed by atoms with E-state index in [1.165, 1.54) is 0 Å². The first-order chi connectivity index (χ1) is 18.6. The molecule has 2 atom stereocenters. The van der Waals surface area contributed by atoms with Crippen LogP contribution < -0.4 is 27.4 Å². The van der Waals surface area contributed by atoms with Crippen LogP contribution in [0.1, 0.15) is 38.7 Å². The van der Waals surface area contributed by atoms with E-state index >= 15 is 0 Å². The SMILES string of the molecule is CC(C)[C@H](N)C(=O)C[C@@H](CCCNC(N)=O)C(=O)Nc1ccc(COC(=O)NCCOCCOCCO)cc1. The molecule has 220 valence electrons. The Labute approximate surface area is 229 Å². The Bertz CT molecular complexity index is 882. The number of hydrogen-bond acceptors (Lipinski definition) is 9. The molecule has 0 aliphatic rings. The van der Waals surface area contributed by atoms with Crippen molar-refractivity contribution < 1.29 is 38.5 Å². The number of aliphatic hydroxyl groups excluding tert-OH is 1. The van der Waals surface area contributed by atoms with Gasteiger partial charge in [-0.25, -0.2) is 9.59 Å². The predicted octanol–water partition coefficient (Wildman–Crippen LogP) is 0.884. The quantitative estimate of drug-likeness (QED) is 0.127. The Kier molecular flexibility index (Phi) is 17.1. The molecule has 0 aliphatic carbocycles. The first-order valence-electron chi connectivity index (χ1n) is 13.0. The van der Waals surface area contributed by atoms with Gasteiger partial charge in [0.05, 0.1) is 39.1 Å². The predicted molar refractivity (Wildman–Crippen MR) is 145 cm³/mol. The Balaban J connectivity index is 2.50. The van der Waals surface area contributed by atoms with Gasteiger partial charge in [-0.3, -0.25) is 9.59 Å². The molecule has 0 bridgehead atoms. The molecule has 0 saturated heterocycles. The molecular formula is C26H43N5O8. The highest BCUT2D eigenvalue weighted by Gasteiger charge is 2.26. The first kappa shape index (κ1) is 33.8. The van der Waals surface area contributed by atoms with Crippen LogP contribution in [-0.4, -0.2) is 81.1 Å². The Morgan fingerprint density at radius 1 is 0.949 bits per heavy atom. The third kappa shape index (κ3) is 15.7. The van der Waals surface area contributed by atoms with Crippen molar-refractivity contribution in [1.82, 2.24) is 10.6 Å². The Morgan fingerprint density at radius 2 is 1.62 bits per heavy atom. The monoisotopic (exact) mass is 553 g/mol. The summed E-state index contributed by atoms with van der Waals surface area (Å²) in [6.07, 6.45) is 0.234. The van der Waals surface area contributed by atoms with E-state index in [1.807, 2.05) is 13.8 Å². The highest BCUT2D eigenvalue weighted by molar-refractivity contribution is 5.96. The number of urea groups is 1. The number of anilines is 1. The summed E-state index contributed by atoms with van der Waals surface area (Å²) in [6.45, 7) is 5.52. The van der Waals surface area contributed by atoms with Crippen molar-refractivity contribution in [1.29, 1.82) is 0 Å². The number of nitrogens with two attached hydrogens (primary N) is 2. The summed E-state index contributed by atoms with van der Waals surface area (Å²) in [4.78, 5) is 48.2. The molecule has 0 radical (unpaired) electrons. The Morgan fingerprint density at radius 3 is 2.23 bits per heavy atom. The summed E-state index contributed by atoms with van der Waals surface area (Å²) >= 11 is 0. The lowest BCUT2D eigenvalue weighted by atomic mass is 9.90. The average Bonchev–Trinajstić information content (AvgIpc) is 2.90. The molecule has 0 unspecified atom stereocenters. The lowest BCUT2D eigenvalue weighted by Crippen LogP contribution is -2.38. The number of Topliss-reactive ketones (excluding diaryl/α,β-unsaturated/α-hetero) is 1. The lowest BCUT2D eigenvalue weighted by molar-refractivity contribution is -0.127. The van der Waals surface area contributed by atoms with Gasteiger partial charge in [0.25, 0.3) is 0 Å². The van der Waals surface area contributed by atoms with Crippen LogP contribution in [0.3, 0.4) is 0 Å². The van der Waals surface area contributed by atoms with Gasteiger partial charge in [-0.05, 0) is 36.5 Å². The van der Waals surface area contributed by atoms with E-state index in [1.54, 1.807) is 24.3 Å². The summed E-state index contributed by atoms with van der Waals surface area (Å²) < 4.78 is 15.5. The van der Waals surface area contributed by atoms with Crippen LogP contribution >= 0.6 is 0 Å². The molecule has 8 N–H and O–H groups in total. The van der Waals surface area contributed by atoms with E-state index in [0.29, 0.717) is 50.5 Å². The number of hydrogen-bond donors (Lipinski definition) is 6. The summed E-state index contributed by atoms with van der Waals surface area (Å²) in [5.41, 5.74) is 12.3. The van der Waals surface area contributed by atoms with Crippen molar-refractivity contribution in [3.8, 4) is 0 Å². The van der Waals surface area contributed by atoms with E-state index in [0.717, 1.165) is 0 Å². The van der Waals surface area contributed by atoms with E-state index in [-0.39, 0.29) is 50.4 Å². The van der Waals surface area contributed by atoms with Gasteiger partial charge < -0.3 is 46.7 Å². The number of alkyl carbamates (subject to hydrolysis) is 1. The number of ether oxygens (including phenoxy) is 3. The number of ketones is 1. The number of carbonyl (C=O) groups is 4. The molecule has 1 aromatic carbocycles. The van der Waals surface area contributed by atoms with Gasteiger partial charge in [-0.2, -0.15) is 0 Å². The number of carbonyl (C=O) groups excluding carboxylic acids is 4. The minimum absolute atomic E-state index is 0.00861. The van der Waals surface area contributed by atoms with E-state index < -0.39 is 24.1 Å². The number of amides is 4. The Hall–Kier alpha value is -3.26. The number of nitrogens with one attached hydrogen (secondary N) is 3. The molecule has 4 amide bonds. The zero-order valence-corrected chi connectivity index (χ0v) is 22.8. The molecule has 0 aromatic heterocycles. The van der Waals surface area contributed by atoms with E-state index in [2.05, 4.69) is 16.0 Å². The third-order valence-corrected chi connectivity index (χ3v) is 5.65. The lowest BCUT2D eigenvalue weighted by Gasteiger charge is -2.20. The maximum Gasteiger partial charge on any atom is 0.407 e. The van der Waals surface area contributed by atoms with Crippen molar-refractivity contribution in [3.63, 3.8) is 0 Å². The summed E-state index contributed by atoms with van der Waals surface area (Å²) in [5.74, 6) is -1.20. The van der Waals surface area contributed by atoms with Crippen LogP contribution in [0, 0.1) is 11.8 Å². The van der Waals surface area contributed by atoms with Crippen LogP contribution in [0.4, 0.5) is 15.3 Å². The molecule has 1 rings (SSSR count). The number of rotatable bonds is 20. The van der Waals surface area contributed by atoms with Crippen molar-refractivity contribution in [2.75, 3.05) is 51.4 Å². The minimum atomic E-state index is -0.662. The normalized spacial score (nSPS) is 12.4. The second-order valence-electron chi connectivity index (χ2n) is 9.21.